The molecule has 1 atom stereocenters. The van der Waals surface area contributed by atoms with E-state index < -0.39 is 0 Å². The van der Waals surface area contributed by atoms with Crippen LogP contribution in [0.15, 0.2) is 51.7 Å². The normalized spacial score (nSPS) is 12.0. The van der Waals surface area contributed by atoms with Gasteiger partial charge in [0.25, 0.3) is 5.56 Å². The van der Waals surface area contributed by atoms with Gasteiger partial charge in [0.15, 0.2) is 5.16 Å². The number of rotatable bonds is 8. The lowest BCUT2D eigenvalue weighted by Crippen LogP contribution is -2.29. The van der Waals surface area contributed by atoms with Gasteiger partial charge < -0.3 is 10.3 Å². The third-order valence-electron chi connectivity index (χ3n) is 4.85. The fourth-order valence-electron chi connectivity index (χ4n) is 3.17. The van der Waals surface area contributed by atoms with Gasteiger partial charge in [-0.05, 0) is 48.6 Å². The van der Waals surface area contributed by atoms with E-state index >= 15 is 0 Å². The molecule has 3 aromatic rings. The van der Waals surface area contributed by atoms with Crippen molar-refractivity contribution < 1.29 is 4.79 Å². The number of hydrogen-bond donors (Lipinski definition) is 2. The highest BCUT2D eigenvalue weighted by Gasteiger charge is 2.19. The predicted molar refractivity (Wildman–Crippen MR) is 120 cm³/mol. The van der Waals surface area contributed by atoms with Crippen molar-refractivity contribution in [3.05, 3.63) is 79.4 Å². The third-order valence-corrected chi connectivity index (χ3v) is 6.37. The van der Waals surface area contributed by atoms with Crippen LogP contribution in [0, 0.1) is 6.92 Å². The summed E-state index contributed by atoms with van der Waals surface area (Å²) in [5.74, 6) is -0.0873. The quantitative estimate of drug-likeness (QED) is 0.416. The second-order valence-corrected chi connectivity index (χ2v) is 8.52. The van der Waals surface area contributed by atoms with Crippen LogP contribution in [-0.4, -0.2) is 22.1 Å². The van der Waals surface area contributed by atoms with Gasteiger partial charge in [-0.1, -0.05) is 49.0 Å². The van der Waals surface area contributed by atoms with Gasteiger partial charge in [-0.3, -0.25) is 9.59 Å². The molecule has 2 heterocycles. The van der Waals surface area contributed by atoms with Crippen LogP contribution in [-0.2, 0) is 17.6 Å². The number of aromatic nitrogens is 2. The maximum absolute atomic E-state index is 12.7. The molecule has 1 unspecified atom stereocenters. The van der Waals surface area contributed by atoms with Crippen molar-refractivity contribution in [1.29, 1.82) is 0 Å². The van der Waals surface area contributed by atoms with E-state index in [1.807, 2.05) is 30.7 Å². The van der Waals surface area contributed by atoms with E-state index in [1.54, 1.807) is 11.3 Å². The van der Waals surface area contributed by atoms with E-state index in [4.69, 9.17) is 0 Å². The second kappa shape index (κ2) is 9.89. The van der Waals surface area contributed by atoms with Crippen molar-refractivity contribution >= 4 is 29.0 Å². The summed E-state index contributed by atoms with van der Waals surface area (Å²) >= 11 is 3.01. The number of hydrogen-bond acceptors (Lipinski definition) is 5. The van der Waals surface area contributed by atoms with Crippen LogP contribution in [0.4, 0.5) is 0 Å². The number of aromatic amines is 1. The lowest BCUT2D eigenvalue weighted by molar-refractivity contribution is -0.121. The summed E-state index contributed by atoms with van der Waals surface area (Å²) in [6, 6.07) is 12.2. The van der Waals surface area contributed by atoms with E-state index in [9.17, 15) is 9.59 Å². The maximum atomic E-state index is 12.7. The molecule has 0 saturated heterocycles. The average molecular weight is 428 g/mol. The fraction of sp³-hybridized carbons (Fsp3) is 0.318. The first-order valence-electron chi connectivity index (χ1n) is 9.57. The fourth-order valence-corrected chi connectivity index (χ4v) is 4.39. The van der Waals surface area contributed by atoms with Crippen LogP contribution < -0.4 is 10.9 Å². The zero-order valence-electron chi connectivity index (χ0n) is 16.8. The van der Waals surface area contributed by atoms with Crippen LogP contribution in [0.5, 0.6) is 0 Å². The minimum absolute atomic E-state index is 0.0873. The molecule has 0 aliphatic carbocycles. The van der Waals surface area contributed by atoms with Gasteiger partial charge in [0.1, 0.15) is 0 Å². The zero-order chi connectivity index (χ0) is 20.8. The van der Waals surface area contributed by atoms with E-state index in [0.29, 0.717) is 22.8 Å². The minimum Gasteiger partial charge on any atom is -0.344 e. The van der Waals surface area contributed by atoms with Crippen molar-refractivity contribution in [2.45, 2.75) is 44.3 Å². The standard InChI is InChI=1S/C22H25N3O2S2/c1-4-15-7-9-16(10-8-15)20(18-6-5-13-29-18)24-19(26)12-11-17-14(2)23-22(28-3)25-21(17)27/h5-10,13,20H,4,11-12H2,1-3H3,(H,24,26)(H,23,25,27). The van der Waals surface area contributed by atoms with Crippen LogP contribution in [0.25, 0.3) is 0 Å². The smallest absolute Gasteiger partial charge is 0.254 e. The predicted octanol–water partition coefficient (Wildman–Crippen LogP) is 4.26. The maximum Gasteiger partial charge on any atom is 0.254 e. The van der Waals surface area contributed by atoms with Crippen LogP contribution in [0.1, 0.15) is 46.6 Å². The van der Waals surface area contributed by atoms with Crippen molar-refractivity contribution in [1.82, 2.24) is 15.3 Å². The van der Waals surface area contributed by atoms with E-state index in [1.165, 1.54) is 17.3 Å². The van der Waals surface area contributed by atoms with Crippen molar-refractivity contribution in [2.24, 2.45) is 0 Å². The summed E-state index contributed by atoms with van der Waals surface area (Å²) in [5, 5.41) is 5.74. The number of benzene rings is 1. The van der Waals surface area contributed by atoms with Gasteiger partial charge >= 0.3 is 0 Å². The molecule has 0 bridgehead atoms. The summed E-state index contributed by atoms with van der Waals surface area (Å²) in [4.78, 5) is 33.2. The molecule has 3 rings (SSSR count). The Morgan fingerprint density at radius 3 is 2.62 bits per heavy atom. The molecule has 5 nitrogen and oxygen atoms in total. The van der Waals surface area contributed by atoms with E-state index in [-0.39, 0.29) is 23.9 Å². The molecule has 0 spiro atoms. The highest BCUT2D eigenvalue weighted by Crippen LogP contribution is 2.26. The first-order chi connectivity index (χ1) is 14.0. The minimum atomic E-state index is -0.190. The summed E-state index contributed by atoms with van der Waals surface area (Å²) in [6.07, 6.45) is 3.44. The number of aryl methyl sites for hydroxylation is 2. The van der Waals surface area contributed by atoms with Gasteiger partial charge in [-0.15, -0.1) is 11.3 Å². The molecule has 0 aliphatic heterocycles. The number of carbonyl (C=O) groups excluding carboxylic acids is 1. The molecule has 152 valence electrons. The highest BCUT2D eigenvalue weighted by atomic mass is 32.2. The van der Waals surface area contributed by atoms with Crippen LogP contribution in [0.2, 0.25) is 0 Å². The first-order valence-corrected chi connectivity index (χ1v) is 11.7. The van der Waals surface area contributed by atoms with E-state index in [2.05, 4.69) is 46.5 Å². The summed E-state index contributed by atoms with van der Waals surface area (Å²) < 4.78 is 0. The Balaban J connectivity index is 1.73. The monoisotopic (exact) mass is 427 g/mol. The van der Waals surface area contributed by atoms with Crippen LogP contribution >= 0.6 is 23.1 Å². The van der Waals surface area contributed by atoms with Gasteiger partial charge in [0, 0.05) is 22.6 Å². The Morgan fingerprint density at radius 1 is 1.28 bits per heavy atom. The second-order valence-electron chi connectivity index (χ2n) is 6.75. The zero-order valence-corrected chi connectivity index (χ0v) is 18.5. The number of nitrogens with zero attached hydrogens (tertiary/aromatic N) is 1. The van der Waals surface area contributed by atoms with E-state index in [0.717, 1.165) is 16.9 Å². The van der Waals surface area contributed by atoms with Crippen molar-refractivity contribution in [3.63, 3.8) is 0 Å². The largest absolute Gasteiger partial charge is 0.344 e. The Labute approximate surface area is 179 Å². The lowest BCUT2D eigenvalue weighted by Gasteiger charge is -2.18. The number of nitrogens with one attached hydrogen (secondary N) is 2. The van der Waals surface area contributed by atoms with Crippen molar-refractivity contribution in [2.75, 3.05) is 6.26 Å². The van der Waals surface area contributed by atoms with Crippen molar-refractivity contribution in [3.8, 4) is 0 Å². The number of carbonyl (C=O) groups is 1. The highest BCUT2D eigenvalue weighted by molar-refractivity contribution is 7.98. The molecule has 1 aromatic carbocycles. The molecule has 7 heteroatoms. The van der Waals surface area contributed by atoms with Gasteiger partial charge in [0.05, 0.1) is 6.04 Å². The van der Waals surface area contributed by atoms with Gasteiger partial charge in [-0.25, -0.2) is 4.98 Å². The molecular formula is C22H25N3O2S2. The Morgan fingerprint density at radius 2 is 2.03 bits per heavy atom. The molecule has 0 fully saturated rings. The number of thioether (sulfide) groups is 1. The molecule has 2 N–H and O–H groups in total. The molecule has 29 heavy (non-hydrogen) atoms. The molecule has 0 saturated carbocycles. The Bertz CT molecular complexity index is 1010. The molecule has 1 amide bonds. The summed E-state index contributed by atoms with van der Waals surface area (Å²) in [5.41, 5.74) is 3.40. The molecule has 0 radical (unpaired) electrons. The number of H-pyrrole nitrogens is 1. The van der Waals surface area contributed by atoms with Gasteiger partial charge in [-0.2, -0.15) is 0 Å². The topological polar surface area (TPSA) is 74.8 Å². The molecule has 0 aliphatic rings. The lowest BCUT2D eigenvalue weighted by atomic mass is 10.0. The summed E-state index contributed by atoms with van der Waals surface area (Å²) in [6.45, 7) is 3.93. The Kier molecular flexibility index (Phi) is 7.28. The summed E-state index contributed by atoms with van der Waals surface area (Å²) in [7, 11) is 0. The SMILES string of the molecule is CCc1ccc(C(NC(=O)CCc2c(C)nc(SC)[nH]c2=O)c2cccs2)cc1. The average Bonchev–Trinajstić information content (AvgIpc) is 3.26. The molecule has 2 aromatic heterocycles. The van der Waals surface area contributed by atoms with Gasteiger partial charge in [0.2, 0.25) is 5.91 Å². The first kappa shape index (κ1) is 21.3. The molecular weight excluding hydrogens is 402 g/mol. The third kappa shape index (κ3) is 5.36. The Hall–Kier alpha value is -2.38. The van der Waals surface area contributed by atoms with Crippen LogP contribution in [0.3, 0.4) is 0 Å². The number of amides is 1. The number of thiophene rings is 1.